The highest BCUT2D eigenvalue weighted by molar-refractivity contribution is 7.91. The molecule has 8 rings (SSSR count). The van der Waals surface area contributed by atoms with Crippen molar-refractivity contribution in [3.63, 3.8) is 0 Å². The van der Waals surface area contributed by atoms with Crippen molar-refractivity contribution in [3.05, 3.63) is 190 Å². The first-order valence-electron chi connectivity index (χ1n) is 24.3. The molecule has 438 valence electrons. The minimum Gasteiger partial charge on any atom is -0.508 e. The van der Waals surface area contributed by atoms with Gasteiger partial charge in [-0.2, -0.15) is 26.3 Å². The Hall–Kier alpha value is -9.51. The number of benzene rings is 8. The number of rotatable bonds is 6. The molecule has 82 heavy (non-hydrogen) atoms. The molecular formula is C59H66F6N8O8S. The van der Waals surface area contributed by atoms with Crippen molar-refractivity contribution in [3.8, 4) is 34.5 Å². The molecule has 22 N–H and O–H groups in total. The van der Waals surface area contributed by atoms with Gasteiger partial charge < -0.3 is 76.5 Å². The van der Waals surface area contributed by atoms with Gasteiger partial charge in [-0.05, 0) is 176 Å². The normalized spacial score (nSPS) is 11.5. The Balaban J connectivity index is 0.000000230. The van der Waals surface area contributed by atoms with E-state index in [2.05, 4.69) is 19.9 Å². The third-order valence-electron chi connectivity index (χ3n) is 13.2. The smallest absolute Gasteiger partial charge is 0.411 e. The molecule has 0 unspecified atom stereocenters. The molecule has 0 aliphatic rings. The molecule has 8 aromatic carbocycles. The molecule has 0 bridgehead atoms. The van der Waals surface area contributed by atoms with Gasteiger partial charge in [0.2, 0.25) is 15.3 Å². The van der Waals surface area contributed by atoms with Crippen LogP contribution in [0.5, 0.6) is 34.5 Å². The molecule has 0 heterocycles. The molecule has 16 nitrogen and oxygen atoms in total. The largest absolute Gasteiger partial charge is 0.508 e. The van der Waals surface area contributed by atoms with Crippen LogP contribution in [0.3, 0.4) is 0 Å². The van der Waals surface area contributed by atoms with Crippen LogP contribution in [0.2, 0.25) is 0 Å². The summed E-state index contributed by atoms with van der Waals surface area (Å²) < 4.78 is 108. The highest BCUT2D eigenvalue weighted by atomic mass is 32.2. The molecule has 0 saturated carbocycles. The van der Waals surface area contributed by atoms with Gasteiger partial charge in [-0.3, -0.25) is 0 Å². The molecule has 0 saturated heterocycles. The Kier molecular flexibility index (Phi) is 20.1. The van der Waals surface area contributed by atoms with Gasteiger partial charge >= 0.3 is 12.4 Å². The van der Waals surface area contributed by atoms with Crippen molar-refractivity contribution in [2.45, 2.75) is 81.4 Å². The van der Waals surface area contributed by atoms with Crippen molar-refractivity contribution in [2.24, 2.45) is 0 Å². The Labute approximate surface area is 470 Å². The molecule has 0 spiro atoms. The lowest BCUT2D eigenvalue weighted by molar-refractivity contribution is -0.288. The summed E-state index contributed by atoms with van der Waals surface area (Å²) in [6, 6.07) is 31.7. The number of aromatic hydroxyl groups is 6. The van der Waals surface area contributed by atoms with E-state index >= 15 is 0 Å². The van der Waals surface area contributed by atoms with E-state index < -0.39 is 50.2 Å². The van der Waals surface area contributed by atoms with E-state index in [0.717, 1.165) is 45.6 Å². The lowest BCUT2D eigenvalue weighted by Crippen LogP contribution is -2.54. The first-order valence-corrected chi connectivity index (χ1v) is 25.8. The fourth-order valence-corrected chi connectivity index (χ4v) is 9.12. The number of halogens is 6. The van der Waals surface area contributed by atoms with Gasteiger partial charge in [-0.15, -0.1) is 0 Å². The maximum absolute atomic E-state index is 13.8. The third kappa shape index (κ3) is 14.8. The monoisotopic (exact) mass is 1160 g/mol. The molecule has 0 aliphatic carbocycles. The van der Waals surface area contributed by atoms with E-state index in [-0.39, 0.29) is 55.3 Å². The summed E-state index contributed by atoms with van der Waals surface area (Å²) in [6.45, 7) is 13.0. The maximum atomic E-state index is 13.8. The Morgan fingerprint density at radius 1 is 0.329 bits per heavy atom. The molecule has 0 aromatic heterocycles. The SMILES string of the molecule is Cc1cc(N)c(O)cc1O.Cc1cc(N)ccc1O.Cc1ccc(C(C)(C)c2ccc(O)c(N)c2)cc1N.Cc1ccc(C(c2ccc(O)c(N)c2)(C(F)(F)F)C(F)(F)F)cc1N.Cc1ccc(S(=O)(=O)c2ccc(O)c(N)c2)cc1N. The summed E-state index contributed by atoms with van der Waals surface area (Å²) in [4.78, 5) is 0.117. The Bertz CT molecular complexity index is 3480. The van der Waals surface area contributed by atoms with Crippen LogP contribution in [-0.4, -0.2) is 51.4 Å². The highest BCUT2D eigenvalue weighted by Crippen LogP contribution is 2.57. The molecule has 0 atom stereocenters. The minimum atomic E-state index is -5.74. The summed E-state index contributed by atoms with van der Waals surface area (Å²) in [5.41, 5.74) is 45.4. The second-order valence-electron chi connectivity index (χ2n) is 19.5. The Morgan fingerprint density at radius 3 is 1.05 bits per heavy atom. The predicted molar refractivity (Wildman–Crippen MR) is 311 cm³/mol. The summed E-state index contributed by atoms with van der Waals surface area (Å²) >= 11 is 0. The number of nitrogens with two attached hydrogens (primary N) is 8. The van der Waals surface area contributed by atoms with E-state index in [1.807, 2.05) is 38.1 Å². The van der Waals surface area contributed by atoms with Gasteiger partial charge in [0.15, 0.2) is 0 Å². The fraction of sp³-hybridized carbons (Fsp3) is 0.186. The number of aryl methyl sites for hydroxylation is 5. The number of nitrogen functional groups attached to an aromatic ring is 8. The van der Waals surface area contributed by atoms with Gasteiger partial charge in [0.05, 0.1) is 32.5 Å². The third-order valence-corrected chi connectivity index (χ3v) is 15.0. The van der Waals surface area contributed by atoms with E-state index in [1.165, 1.54) is 49.4 Å². The summed E-state index contributed by atoms with van der Waals surface area (Å²) in [5, 5.41) is 55.1. The summed E-state index contributed by atoms with van der Waals surface area (Å²) in [6.07, 6.45) is -11.5. The average molecular weight is 1160 g/mol. The van der Waals surface area contributed by atoms with Crippen LogP contribution in [0.25, 0.3) is 0 Å². The molecule has 0 amide bonds. The van der Waals surface area contributed by atoms with E-state index in [4.69, 9.17) is 61.2 Å². The van der Waals surface area contributed by atoms with Crippen molar-refractivity contribution < 1.29 is 65.4 Å². The first kappa shape index (κ1) is 65.0. The van der Waals surface area contributed by atoms with Crippen LogP contribution in [0, 0.1) is 34.6 Å². The van der Waals surface area contributed by atoms with E-state index in [1.54, 1.807) is 44.2 Å². The van der Waals surface area contributed by atoms with Crippen LogP contribution in [-0.2, 0) is 20.7 Å². The van der Waals surface area contributed by atoms with Crippen molar-refractivity contribution >= 4 is 55.3 Å². The summed E-state index contributed by atoms with van der Waals surface area (Å²) in [7, 11) is -3.69. The molecular weight excluding hydrogens is 1090 g/mol. The average Bonchev–Trinajstić information content (AvgIpc) is 2.95. The minimum absolute atomic E-state index is 0.0150. The maximum Gasteiger partial charge on any atom is 0.411 e. The molecule has 0 radical (unpaired) electrons. The fourth-order valence-electron chi connectivity index (χ4n) is 7.79. The van der Waals surface area contributed by atoms with Crippen LogP contribution in [0.15, 0.2) is 149 Å². The second kappa shape index (κ2) is 25.3. The predicted octanol–water partition coefficient (Wildman–Crippen LogP) is 11.4. The number of sulfone groups is 1. The Morgan fingerprint density at radius 2 is 0.646 bits per heavy atom. The lowest BCUT2D eigenvalue weighted by atomic mass is 9.72. The molecule has 0 aliphatic heterocycles. The van der Waals surface area contributed by atoms with Gasteiger partial charge in [0, 0.05) is 34.2 Å². The zero-order valence-electron chi connectivity index (χ0n) is 45.6. The van der Waals surface area contributed by atoms with Crippen LogP contribution in [0.4, 0.5) is 71.8 Å². The number of hydrogen-bond acceptors (Lipinski definition) is 16. The first-order chi connectivity index (χ1) is 37.8. The van der Waals surface area contributed by atoms with Crippen molar-refractivity contribution in [2.75, 3.05) is 45.9 Å². The van der Waals surface area contributed by atoms with Crippen LogP contribution >= 0.6 is 0 Å². The summed E-state index contributed by atoms with van der Waals surface area (Å²) in [5.74, 6) is -0.380. The quantitative estimate of drug-likeness (QED) is 0.0318. The number of hydrogen-bond donors (Lipinski definition) is 14. The second-order valence-corrected chi connectivity index (χ2v) is 21.5. The van der Waals surface area contributed by atoms with Crippen LogP contribution < -0.4 is 45.9 Å². The van der Waals surface area contributed by atoms with Gasteiger partial charge in [-0.25, -0.2) is 8.42 Å². The zero-order valence-corrected chi connectivity index (χ0v) is 46.4. The van der Waals surface area contributed by atoms with Gasteiger partial charge in [0.25, 0.3) is 0 Å². The number of anilines is 8. The standard InChI is InChI=1S/C16H14F6N2O.C16H20N2O.C13H14N2O3S.C7H9NO2.C7H9NO/c1-8-2-3-9(6-11(8)23)14(15(17,18)19,16(20,21)22)10-4-5-13(25)12(24)7-10;1-10-4-5-11(8-13(10)17)16(2,3)12-6-7-15(19)14(18)9-12;1-8-2-3-9(6-11(8)14)19(17,18)10-4-5-13(16)12(15)7-10;1-4-2-5(8)7(10)3-6(4)9;1-5-4-6(8)2-3-7(5)9/h2-7,25H,23-24H2,1H3;4-9,19H,17-18H2,1-3H3;2-7,16H,14-15H2,1H3;2-3,9-10H,8H2,1H3;2-4,9H,8H2,1H3. The van der Waals surface area contributed by atoms with Gasteiger partial charge in [-0.1, -0.05) is 56.3 Å². The lowest BCUT2D eigenvalue weighted by Gasteiger charge is -2.38. The molecule has 0 fully saturated rings. The van der Waals surface area contributed by atoms with Crippen molar-refractivity contribution in [1.82, 2.24) is 0 Å². The van der Waals surface area contributed by atoms with Gasteiger partial charge in [0.1, 0.15) is 34.5 Å². The number of phenolic OH excluding ortho intramolecular Hbond substituents is 6. The number of alkyl halides is 6. The zero-order chi connectivity index (χ0) is 62.2. The van der Waals surface area contributed by atoms with Crippen molar-refractivity contribution in [1.29, 1.82) is 0 Å². The molecule has 8 aromatic rings. The molecule has 23 heteroatoms. The number of phenols is 6. The van der Waals surface area contributed by atoms with Crippen LogP contribution in [0.1, 0.15) is 63.9 Å². The highest BCUT2D eigenvalue weighted by Gasteiger charge is 2.72. The van der Waals surface area contributed by atoms with E-state index in [0.29, 0.717) is 58.2 Å². The van der Waals surface area contributed by atoms with E-state index in [9.17, 15) is 50.1 Å². The topological polar surface area (TPSA) is 364 Å².